The number of aryl methyl sites for hydroxylation is 2. The number of phenolic OH excluding ortho intramolecular Hbond substituents is 3. The van der Waals surface area contributed by atoms with E-state index in [0.717, 1.165) is 62.5 Å². The van der Waals surface area contributed by atoms with E-state index in [1.165, 1.54) is 19.6 Å². The monoisotopic (exact) mass is 620 g/mol. The van der Waals surface area contributed by atoms with Crippen LogP contribution in [-0.2, 0) is 17.6 Å². The van der Waals surface area contributed by atoms with E-state index in [0.29, 0.717) is 42.9 Å². The molecule has 0 aromatic heterocycles. The van der Waals surface area contributed by atoms with E-state index >= 15 is 0 Å². The molecule has 2 fully saturated rings. The van der Waals surface area contributed by atoms with Crippen LogP contribution in [-0.4, -0.2) is 52.1 Å². The third-order valence-corrected chi connectivity index (χ3v) is 9.93. The van der Waals surface area contributed by atoms with Gasteiger partial charge in [-0.1, -0.05) is 31.4 Å². The highest BCUT2D eigenvalue weighted by atomic mass is 16.5. The molecule has 0 amide bonds. The molecule has 2 aliphatic carbocycles. The molecule has 2 saturated carbocycles. The standard InChI is InChI=1S/C36H48N2O7/c1-44-31-20-23(9-12-27(31)39)10-13-28(40)34(36(16-5-6-17-36)25-15-18-38-33(37)22-25)29(41)14-11-24-19-30(42)35(43)32(21-24)45-26-7-3-2-4-8-26/h9,12,15,19-22,26,28,34,38-40,42-43H,2-8,10-11,13-14,16-18,37H2,1H3. The van der Waals surface area contributed by atoms with Crippen molar-refractivity contribution in [3.63, 3.8) is 0 Å². The second-order valence-corrected chi connectivity index (χ2v) is 12.9. The Hall–Kier alpha value is -3.85. The topological polar surface area (TPSA) is 154 Å². The first-order valence-electron chi connectivity index (χ1n) is 16.4. The van der Waals surface area contributed by atoms with Crippen molar-refractivity contribution in [3.05, 3.63) is 65.0 Å². The fraction of sp³-hybridized carbons (Fsp3) is 0.528. The summed E-state index contributed by atoms with van der Waals surface area (Å²) in [7, 11) is 1.50. The molecule has 1 heterocycles. The van der Waals surface area contributed by atoms with Gasteiger partial charge in [0.05, 0.1) is 31.1 Å². The van der Waals surface area contributed by atoms with Crippen molar-refractivity contribution in [1.29, 1.82) is 0 Å². The summed E-state index contributed by atoms with van der Waals surface area (Å²) in [6.07, 6.45) is 13.1. The number of hydrogen-bond acceptors (Lipinski definition) is 9. The van der Waals surface area contributed by atoms with Crippen LogP contribution in [0.25, 0.3) is 0 Å². The minimum atomic E-state index is -0.917. The van der Waals surface area contributed by atoms with Gasteiger partial charge in [-0.15, -0.1) is 0 Å². The molecule has 2 aromatic carbocycles. The predicted octanol–water partition coefficient (Wildman–Crippen LogP) is 5.53. The predicted molar refractivity (Wildman–Crippen MR) is 172 cm³/mol. The molecule has 7 N–H and O–H groups in total. The van der Waals surface area contributed by atoms with Crippen LogP contribution in [0.15, 0.2) is 53.9 Å². The molecular formula is C36H48N2O7. The molecule has 1 aliphatic heterocycles. The van der Waals surface area contributed by atoms with Crippen molar-refractivity contribution >= 4 is 5.78 Å². The number of aliphatic hydroxyl groups is 1. The van der Waals surface area contributed by atoms with Gasteiger partial charge in [0.2, 0.25) is 5.75 Å². The number of benzene rings is 2. The number of nitrogens with one attached hydrogen (secondary N) is 1. The number of ether oxygens (including phenoxy) is 2. The molecular weight excluding hydrogens is 572 g/mol. The Morgan fingerprint density at radius 2 is 1.71 bits per heavy atom. The van der Waals surface area contributed by atoms with Gasteiger partial charge in [-0.25, -0.2) is 0 Å². The number of ketones is 1. The Morgan fingerprint density at radius 3 is 2.42 bits per heavy atom. The zero-order valence-corrected chi connectivity index (χ0v) is 26.3. The van der Waals surface area contributed by atoms with Crippen LogP contribution in [0, 0.1) is 11.3 Å². The molecule has 244 valence electrons. The first kappa shape index (κ1) is 32.5. The van der Waals surface area contributed by atoms with Gasteiger partial charge in [0.15, 0.2) is 23.0 Å². The van der Waals surface area contributed by atoms with Crippen molar-refractivity contribution < 1.29 is 34.7 Å². The molecule has 0 saturated heterocycles. The number of hydrogen-bond donors (Lipinski definition) is 6. The number of methoxy groups -OCH3 is 1. The van der Waals surface area contributed by atoms with Crippen molar-refractivity contribution in [2.45, 2.75) is 95.7 Å². The molecule has 9 nitrogen and oxygen atoms in total. The molecule has 2 atom stereocenters. The number of aliphatic hydroxyl groups excluding tert-OH is 1. The number of carbonyl (C=O) groups is 1. The Kier molecular flexibility index (Phi) is 10.5. The van der Waals surface area contributed by atoms with Crippen LogP contribution in [0.4, 0.5) is 0 Å². The largest absolute Gasteiger partial charge is 0.504 e. The Bertz CT molecular complexity index is 1410. The summed E-state index contributed by atoms with van der Waals surface area (Å²) in [6, 6.07) is 8.35. The molecule has 2 unspecified atom stereocenters. The van der Waals surface area contributed by atoms with E-state index in [-0.39, 0.29) is 41.3 Å². The van der Waals surface area contributed by atoms with Crippen LogP contribution < -0.4 is 20.5 Å². The molecule has 2 aromatic rings. The SMILES string of the molecule is COc1cc(CCC(O)C(C(=O)CCc2cc(O)c(O)c(OC3CCCCC3)c2)C2(C3=CCNC(N)=C3)CCCC2)ccc1O. The lowest BCUT2D eigenvalue weighted by Gasteiger charge is -2.42. The van der Waals surface area contributed by atoms with Gasteiger partial charge < -0.3 is 41.0 Å². The molecule has 0 bridgehead atoms. The zero-order chi connectivity index (χ0) is 32.0. The number of allylic oxidation sites excluding steroid dienone is 2. The Labute approximate surface area is 265 Å². The maximum absolute atomic E-state index is 14.3. The first-order valence-corrected chi connectivity index (χ1v) is 16.4. The lowest BCUT2D eigenvalue weighted by atomic mass is 9.63. The van der Waals surface area contributed by atoms with Crippen LogP contribution >= 0.6 is 0 Å². The number of dihydropyridines is 1. The summed E-state index contributed by atoms with van der Waals surface area (Å²) in [5.74, 6) is -0.0153. The van der Waals surface area contributed by atoms with E-state index in [1.54, 1.807) is 24.3 Å². The summed E-state index contributed by atoms with van der Waals surface area (Å²) in [4.78, 5) is 14.3. The highest BCUT2D eigenvalue weighted by Gasteiger charge is 2.49. The van der Waals surface area contributed by atoms with Gasteiger partial charge >= 0.3 is 0 Å². The van der Waals surface area contributed by atoms with Crippen LogP contribution in [0.2, 0.25) is 0 Å². The highest BCUT2D eigenvalue weighted by molar-refractivity contribution is 5.83. The second kappa shape index (κ2) is 14.5. The molecule has 5 rings (SSSR count). The van der Waals surface area contributed by atoms with Crippen molar-refractivity contribution in [2.75, 3.05) is 13.7 Å². The average Bonchev–Trinajstić information content (AvgIpc) is 3.53. The summed E-state index contributed by atoms with van der Waals surface area (Å²) in [6.45, 7) is 0.570. The molecule has 45 heavy (non-hydrogen) atoms. The Morgan fingerprint density at radius 1 is 0.978 bits per heavy atom. The number of aromatic hydroxyl groups is 3. The molecule has 3 aliphatic rings. The van der Waals surface area contributed by atoms with Gasteiger partial charge in [0.25, 0.3) is 0 Å². The quantitative estimate of drug-likeness (QED) is 0.159. The van der Waals surface area contributed by atoms with Gasteiger partial charge in [-0.2, -0.15) is 0 Å². The van der Waals surface area contributed by atoms with Gasteiger partial charge in [-0.05, 0) is 105 Å². The van der Waals surface area contributed by atoms with Crippen molar-refractivity contribution in [1.82, 2.24) is 5.32 Å². The lowest BCUT2D eigenvalue weighted by molar-refractivity contribution is -0.131. The number of rotatable bonds is 13. The summed E-state index contributed by atoms with van der Waals surface area (Å²) >= 11 is 0. The van der Waals surface area contributed by atoms with Crippen molar-refractivity contribution in [2.24, 2.45) is 17.1 Å². The van der Waals surface area contributed by atoms with Gasteiger partial charge in [0.1, 0.15) is 5.78 Å². The number of carbonyl (C=O) groups excluding carboxylic acids is 1. The third-order valence-electron chi connectivity index (χ3n) is 9.93. The van der Waals surface area contributed by atoms with Crippen LogP contribution in [0.5, 0.6) is 28.7 Å². The van der Waals surface area contributed by atoms with Gasteiger partial charge in [-0.3, -0.25) is 4.79 Å². The normalized spacial score (nSPS) is 19.6. The fourth-order valence-electron chi connectivity index (χ4n) is 7.61. The summed E-state index contributed by atoms with van der Waals surface area (Å²) in [5.41, 5.74) is 8.25. The zero-order valence-electron chi connectivity index (χ0n) is 26.3. The smallest absolute Gasteiger partial charge is 0.200 e. The van der Waals surface area contributed by atoms with E-state index in [4.69, 9.17) is 15.2 Å². The second-order valence-electron chi connectivity index (χ2n) is 12.9. The van der Waals surface area contributed by atoms with Crippen molar-refractivity contribution in [3.8, 4) is 28.7 Å². The third kappa shape index (κ3) is 7.52. The number of Topliss-reactive ketones (excluding diaryl/α,β-unsaturated/α-hetero) is 1. The Balaban J connectivity index is 1.38. The maximum atomic E-state index is 14.3. The fourth-order valence-corrected chi connectivity index (χ4v) is 7.61. The first-order chi connectivity index (χ1) is 21.7. The van der Waals surface area contributed by atoms with Crippen LogP contribution in [0.3, 0.4) is 0 Å². The lowest BCUT2D eigenvalue weighted by Crippen LogP contribution is -2.44. The number of nitrogens with two attached hydrogens (primary N) is 1. The van der Waals surface area contributed by atoms with E-state index < -0.39 is 17.4 Å². The minimum absolute atomic E-state index is 0.00465. The van der Waals surface area contributed by atoms with Gasteiger partial charge in [0, 0.05) is 18.4 Å². The number of phenols is 3. The minimum Gasteiger partial charge on any atom is -0.504 e. The maximum Gasteiger partial charge on any atom is 0.200 e. The average molecular weight is 621 g/mol. The van der Waals surface area contributed by atoms with E-state index in [2.05, 4.69) is 11.4 Å². The summed E-state index contributed by atoms with van der Waals surface area (Å²) < 4.78 is 11.4. The van der Waals surface area contributed by atoms with E-state index in [1.807, 2.05) is 6.08 Å². The summed E-state index contributed by atoms with van der Waals surface area (Å²) in [5, 5.41) is 46.0. The molecule has 9 heteroatoms. The van der Waals surface area contributed by atoms with Crippen LogP contribution in [0.1, 0.15) is 81.8 Å². The molecule has 0 radical (unpaired) electrons. The highest BCUT2D eigenvalue weighted by Crippen LogP contribution is 2.53. The molecule has 0 spiro atoms. The van der Waals surface area contributed by atoms with E-state index in [9.17, 15) is 25.2 Å².